The van der Waals surface area contributed by atoms with Crippen LogP contribution in [0.3, 0.4) is 0 Å². The number of thiocarbonyl (C=S) groups is 1. The van der Waals surface area contributed by atoms with Crippen LogP contribution in [0, 0.1) is 6.92 Å². The summed E-state index contributed by atoms with van der Waals surface area (Å²) in [7, 11) is -3.64. The van der Waals surface area contributed by atoms with E-state index >= 15 is 0 Å². The fourth-order valence-electron chi connectivity index (χ4n) is 1.83. The number of ether oxygens (including phenoxy) is 1. The molecule has 0 saturated heterocycles. The van der Waals surface area contributed by atoms with Gasteiger partial charge < -0.3 is 10.5 Å². The van der Waals surface area contributed by atoms with Gasteiger partial charge in [-0.15, -0.1) is 0 Å². The zero-order chi connectivity index (χ0) is 16.3. The van der Waals surface area contributed by atoms with Crippen LogP contribution in [-0.4, -0.2) is 32.2 Å². The molecule has 0 saturated carbocycles. The van der Waals surface area contributed by atoms with Crippen LogP contribution < -0.4 is 10.5 Å². The molecule has 21 heavy (non-hydrogen) atoms. The van der Waals surface area contributed by atoms with Crippen molar-refractivity contribution in [1.82, 2.24) is 4.72 Å². The highest BCUT2D eigenvalue weighted by Gasteiger charge is 2.24. The van der Waals surface area contributed by atoms with Gasteiger partial charge in [0.25, 0.3) is 0 Å². The Balaban J connectivity index is 3.03. The van der Waals surface area contributed by atoms with Crippen LogP contribution in [-0.2, 0) is 14.8 Å². The summed E-state index contributed by atoms with van der Waals surface area (Å²) in [4.78, 5) is 0.348. The Morgan fingerprint density at radius 3 is 2.57 bits per heavy atom. The van der Waals surface area contributed by atoms with Gasteiger partial charge in [-0.1, -0.05) is 24.4 Å². The summed E-state index contributed by atoms with van der Waals surface area (Å²) in [5.41, 5.74) is 6.15. The Morgan fingerprint density at radius 2 is 2.05 bits per heavy atom. The van der Waals surface area contributed by atoms with Crippen molar-refractivity contribution in [3.05, 3.63) is 29.3 Å². The molecule has 0 fully saturated rings. The third kappa shape index (κ3) is 5.03. The van der Waals surface area contributed by atoms with Crippen molar-refractivity contribution in [2.45, 2.75) is 38.2 Å². The molecule has 0 amide bonds. The fourth-order valence-corrected chi connectivity index (χ4v) is 3.43. The van der Waals surface area contributed by atoms with Gasteiger partial charge in [0.05, 0.1) is 10.5 Å². The zero-order valence-electron chi connectivity index (χ0n) is 12.8. The fraction of sp³-hybridized carbons (Fsp3) is 0.500. The van der Waals surface area contributed by atoms with Gasteiger partial charge in [-0.2, -0.15) is 0 Å². The van der Waals surface area contributed by atoms with Crippen molar-refractivity contribution in [2.24, 2.45) is 5.73 Å². The quantitative estimate of drug-likeness (QED) is 0.744. The van der Waals surface area contributed by atoms with E-state index in [-0.39, 0.29) is 16.4 Å². The van der Waals surface area contributed by atoms with Crippen LogP contribution in [0.4, 0.5) is 0 Å². The molecule has 0 aliphatic heterocycles. The van der Waals surface area contributed by atoms with Gasteiger partial charge in [-0.3, -0.25) is 0 Å². The Labute approximate surface area is 131 Å². The monoisotopic (exact) mass is 330 g/mol. The number of sulfonamides is 1. The van der Waals surface area contributed by atoms with E-state index in [1.165, 1.54) is 6.07 Å². The maximum absolute atomic E-state index is 12.4. The van der Waals surface area contributed by atoms with Crippen molar-refractivity contribution >= 4 is 27.2 Å². The molecule has 0 aliphatic rings. The van der Waals surface area contributed by atoms with Gasteiger partial charge >= 0.3 is 0 Å². The molecule has 0 aromatic heterocycles. The summed E-state index contributed by atoms with van der Waals surface area (Å²) in [6, 6.07) is 4.89. The molecule has 1 aromatic rings. The average molecular weight is 330 g/mol. The first-order valence-corrected chi connectivity index (χ1v) is 8.52. The van der Waals surface area contributed by atoms with Crippen LogP contribution in [0.5, 0.6) is 0 Å². The molecule has 0 heterocycles. The Hall–Kier alpha value is -1.02. The van der Waals surface area contributed by atoms with Gasteiger partial charge in [-0.05, 0) is 39.3 Å². The topological polar surface area (TPSA) is 81.4 Å². The van der Waals surface area contributed by atoms with E-state index in [4.69, 9.17) is 22.7 Å². The Kier molecular flexibility index (Phi) is 5.86. The van der Waals surface area contributed by atoms with Crippen molar-refractivity contribution in [3.8, 4) is 0 Å². The molecule has 5 nitrogen and oxygen atoms in total. The molecule has 0 atom stereocenters. The normalized spacial score (nSPS) is 12.4. The van der Waals surface area contributed by atoms with E-state index in [1.54, 1.807) is 19.1 Å². The lowest BCUT2D eigenvalue weighted by Gasteiger charge is -2.25. The van der Waals surface area contributed by atoms with E-state index in [9.17, 15) is 8.42 Å². The number of nitrogens with one attached hydrogen (secondary N) is 1. The van der Waals surface area contributed by atoms with Gasteiger partial charge in [0.2, 0.25) is 10.0 Å². The second-order valence-corrected chi connectivity index (χ2v) is 7.54. The minimum atomic E-state index is -3.64. The molecule has 3 N–H and O–H groups in total. The van der Waals surface area contributed by atoms with Crippen LogP contribution in [0.15, 0.2) is 23.1 Å². The predicted octanol–water partition coefficient (Wildman–Crippen LogP) is 1.72. The molecule has 0 radical (unpaired) electrons. The van der Waals surface area contributed by atoms with Crippen LogP contribution >= 0.6 is 12.2 Å². The minimum absolute atomic E-state index is 0.168. The second kappa shape index (κ2) is 6.83. The second-order valence-electron chi connectivity index (χ2n) is 5.36. The van der Waals surface area contributed by atoms with Crippen LogP contribution in [0.2, 0.25) is 0 Å². The number of hydrogen-bond donors (Lipinski definition) is 2. The molecule has 1 aromatic carbocycles. The predicted molar refractivity (Wildman–Crippen MR) is 88.0 cm³/mol. The summed E-state index contributed by atoms with van der Waals surface area (Å²) in [6.07, 6.45) is 0. The highest BCUT2D eigenvalue weighted by atomic mass is 32.2. The average Bonchev–Trinajstić information content (AvgIpc) is 2.36. The first-order valence-electron chi connectivity index (χ1n) is 6.63. The lowest BCUT2D eigenvalue weighted by atomic mass is 10.1. The molecular weight excluding hydrogens is 308 g/mol. The molecule has 118 valence electrons. The minimum Gasteiger partial charge on any atom is -0.389 e. The summed E-state index contributed by atoms with van der Waals surface area (Å²) < 4.78 is 32.9. The first-order chi connectivity index (χ1) is 9.59. The van der Waals surface area contributed by atoms with Crippen molar-refractivity contribution in [3.63, 3.8) is 0 Å². The van der Waals surface area contributed by atoms with E-state index in [0.29, 0.717) is 17.7 Å². The Morgan fingerprint density at radius 1 is 1.43 bits per heavy atom. The van der Waals surface area contributed by atoms with Crippen molar-refractivity contribution in [2.75, 3.05) is 13.2 Å². The summed E-state index contributed by atoms with van der Waals surface area (Å²) in [5, 5.41) is 0. The Bertz CT molecular complexity index is 625. The molecule has 0 aliphatic carbocycles. The summed E-state index contributed by atoms with van der Waals surface area (Å²) in [5.74, 6) is 0. The number of rotatable bonds is 7. The molecule has 7 heteroatoms. The van der Waals surface area contributed by atoms with Crippen molar-refractivity contribution in [1.29, 1.82) is 0 Å². The SMILES string of the molecule is CCOC(C)(C)CNS(=O)(=O)c1cc(C(N)=S)ccc1C. The van der Waals surface area contributed by atoms with Crippen LogP contribution in [0.25, 0.3) is 0 Å². The summed E-state index contributed by atoms with van der Waals surface area (Å²) >= 11 is 4.89. The van der Waals surface area contributed by atoms with Crippen LogP contribution in [0.1, 0.15) is 31.9 Å². The molecule has 1 rings (SSSR count). The summed E-state index contributed by atoms with van der Waals surface area (Å²) in [6.45, 7) is 7.96. The van der Waals surface area contributed by atoms with E-state index in [1.807, 2.05) is 20.8 Å². The third-order valence-corrected chi connectivity index (χ3v) is 4.76. The zero-order valence-corrected chi connectivity index (χ0v) is 14.4. The molecule has 0 unspecified atom stereocenters. The first kappa shape index (κ1) is 18.0. The number of hydrogen-bond acceptors (Lipinski definition) is 4. The van der Waals surface area contributed by atoms with Gasteiger partial charge in [-0.25, -0.2) is 13.1 Å². The van der Waals surface area contributed by atoms with Gasteiger partial charge in [0, 0.05) is 18.7 Å². The highest BCUT2D eigenvalue weighted by Crippen LogP contribution is 2.18. The van der Waals surface area contributed by atoms with Gasteiger partial charge in [0.1, 0.15) is 4.99 Å². The van der Waals surface area contributed by atoms with E-state index in [2.05, 4.69) is 4.72 Å². The van der Waals surface area contributed by atoms with Crippen molar-refractivity contribution < 1.29 is 13.2 Å². The van der Waals surface area contributed by atoms with E-state index < -0.39 is 15.6 Å². The highest BCUT2D eigenvalue weighted by molar-refractivity contribution is 7.89. The number of nitrogens with two attached hydrogens (primary N) is 1. The molecular formula is C14H22N2O3S2. The number of aryl methyl sites for hydroxylation is 1. The third-order valence-electron chi connectivity index (χ3n) is 2.99. The van der Waals surface area contributed by atoms with E-state index in [0.717, 1.165) is 0 Å². The lowest BCUT2D eigenvalue weighted by Crippen LogP contribution is -2.40. The standard InChI is InChI=1S/C14H22N2O3S2/c1-5-19-14(3,4)9-16-21(17,18)12-8-11(13(15)20)7-6-10(12)2/h6-8,16H,5,9H2,1-4H3,(H2,15,20). The maximum Gasteiger partial charge on any atom is 0.240 e. The largest absolute Gasteiger partial charge is 0.389 e. The smallest absolute Gasteiger partial charge is 0.240 e. The molecule has 0 bridgehead atoms. The lowest BCUT2D eigenvalue weighted by molar-refractivity contribution is -0.00515. The number of benzene rings is 1. The van der Waals surface area contributed by atoms with Gasteiger partial charge in [0.15, 0.2) is 0 Å². The molecule has 0 spiro atoms. The maximum atomic E-state index is 12.4.